The molecule has 0 saturated heterocycles. The molecule has 0 radical (unpaired) electrons. The molecule has 2 aromatic rings. The van der Waals surface area contributed by atoms with Gasteiger partial charge in [0.1, 0.15) is 5.03 Å². The highest BCUT2D eigenvalue weighted by molar-refractivity contribution is 7.99. The molecule has 1 aromatic heterocycles. The van der Waals surface area contributed by atoms with Crippen molar-refractivity contribution in [3.63, 3.8) is 0 Å². The van der Waals surface area contributed by atoms with Crippen LogP contribution >= 0.6 is 11.8 Å². The van der Waals surface area contributed by atoms with Gasteiger partial charge in [0.15, 0.2) is 0 Å². The van der Waals surface area contributed by atoms with Crippen LogP contribution in [0.25, 0.3) is 0 Å². The van der Waals surface area contributed by atoms with Crippen molar-refractivity contribution in [1.82, 2.24) is 9.97 Å². The van der Waals surface area contributed by atoms with E-state index in [-0.39, 0.29) is 0 Å². The van der Waals surface area contributed by atoms with Crippen LogP contribution in [0, 0.1) is 0 Å². The molecule has 88 valence electrons. The molecule has 1 N–H and O–H groups in total. The summed E-state index contributed by atoms with van der Waals surface area (Å²) >= 11 is 1.74. The van der Waals surface area contributed by atoms with Crippen molar-refractivity contribution in [3.05, 3.63) is 48.9 Å². The normalized spacial score (nSPS) is 10.1. The van der Waals surface area contributed by atoms with Crippen molar-refractivity contribution < 1.29 is 0 Å². The first-order chi connectivity index (χ1) is 8.45. The van der Waals surface area contributed by atoms with Crippen molar-refractivity contribution in [1.29, 1.82) is 0 Å². The van der Waals surface area contributed by atoms with Crippen LogP contribution in [0.15, 0.2) is 53.9 Å². The lowest BCUT2D eigenvalue weighted by Gasteiger charge is -2.05. The Bertz CT molecular complexity index is 378. The summed E-state index contributed by atoms with van der Waals surface area (Å²) in [4.78, 5) is 8.25. The lowest BCUT2D eigenvalue weighted by molar-refractivity contribution is 0.983. The number of thioether (sulfide) groups is 1. The van der Waals surface area contributed by atoms with Crippen LogP contribution in [0.2, 0.25) is 0 Å². The summed E-state index contributed by atoms with van der Waals surface area (Å²) in [6, 6.07) is 10.3. The van der Waals surface area contributed by atoms with Gasteiger partial charge in [-0.25, -0.2) is 4.98 Å². The fraction of sp³-hybridized carbons (Fsp3) is 0.231. The van der Waals surface area contributed by atoms with E-state index in [1.807, 2.05) is 18.2 Å². The Hall–Kier alpha value is -1.55. The molecule has 0 atom stereocenters. The molecular weight excluding hydrogens is 230 g/mol. The Morgan fingerprint density at radius 2 is 2.00 bits per heavy atom. The summed E-state index contributed by atoms with van der Waals surface area (Å²) < 4.78 is 0. The molecule has 0 aliphatic carbocycles. The van der Waals surface area contributed by atoms with Crippen LogP contribution < -0.4 is 5.32 Å². The molecule has 0 fully saturated rings. The highest BCUT2D eigenvalue weighted by Crippen LogP contribution is 2.14. The molecule has 0 unspecified atom stereocenters. The van der Waals surface area contributed by atoms with Gasteiger partial charge in [0.05, 0.1) is 6.20 Å². The molecule has 0 saturated carbocycles. The number of nitrogens with zero attached hydrogens (tertiary/aromatic N) is 2. The summed E-state index contributed by atoms with van der Waals surface area (Å²) in [6.45, 7) is 0.983. The largest absolute Gasteiger partial charge is 0.385 e. The predicted molar refractivity (Wildman–Crippen MR) is 72.3 cm³/mol. The number of nitrogens with one attached hydrogen (secondary N) is 1. The molecule has 0 amide bonds. The Kier molecular flexibility index (Phi) is 4.85. The average Bonchev–Trinajstić information content (AvgIpc) is 2.41. The molecule has 0 spiro atoms. The Balaban J connectivity index is 1.61. The third-order valence-electron chi connectivity index (χ3n) is 2.21. The second-order valence-corrected chi connectivity index (χ2v) is 4.65. The zero-order valence-electron chi connectivity index (χ0n) is 9.54. The van der Waals surface area contributed by atoms with Gasteiger partial charge in [0.25, 0.3) is 0 Å². The van der Waals surface area contributed by atoms with Gasteiger partial charge < -0.3 is 5.32 Å². The van der Waals surface area contributed by atoms with E-state index in [0.29, 0.717) is 0 Å². The first-order valence-electron chi connectivity index (χ1n) is 5.63. The third kappa shape index (κ3) is 4.44. The van der Waals surface area contributed by atoms with Gasteiger partial charge in [0, 0.05) is 30.4 Å². The third-order valence-corrected chi connectivity index (χ3v) is 3.21. The van der Waals surface area contributed by atoms with Crippen LogP contribution in [-0.2, 0) is 0 Å². The summed E-state index contributed by atoms with van der Waals surface area (Å²) in [6.07, 6.45) is 6.33. The molecule has 17 heavy (non-hydrogen) atoms. The van der Waals surface area contributed by atoms with Crippen LogP contribution in [0.5, 0.6) is 0 Å². The average molecular weight is 245 g/mol. The topological polar surface area (TPSA) is 37.8 Å². The highest BCUT2D eigenvalue weighted by Gasteiger charge is 1.94. The van der Waals surface area contributed by atoms with Crippen molar-refractivity contribution in [2.75, 3.05) is 17.6 Å². The first-order valence-corrected chi connectivity index (χ1v) is 6.61. The second kappa shape index (κ2) is 6.91. The van der Waals surface area contributed by atoms with E-state index in [0.717, 1.165) is 23.7 Å². The van der Waals surface area contributed by atoms with Crippen molar-refractivity contribution in [3.8, 4) is 0 Å². The molecule has 3 nitrogen and oxygen atoms in total. The van der Waals surface area contributed by atoms with Crippen molar-refractivity contribution >= 4 is 17.4 Å². The minimum atomic E-state index is 0.983. The molecule has 4 heteroatoms. The lowest BCUT2D eigenvalue weighted by Crippen LogP contribution is -2.02. The molecular formula is C13H15N3S. The van der Waals surface area contributed by atoms with Crippen LogP contribution in [0.4, 0.5) is 5.69 Å². The summed E-state index contributed by atoms with van der Waals surface area (Å²) in [5.41, 5.74) is 1.18. The minimum absolute atomic E-state index is 0.983. The lowest BCUT2D eigenvalue weighted by atomic mass is 10.3. The van der Waals surface area contributed by atoms with E-state index in [1.165, 1.54) is 5.69 Å². The number of benzene rings is 1. The van der Waals surface area contributed by atoms with Gasteiger partial charge in [0.2, 0.25) is 0 Å². The predicted octanol–water partition coefficient (Wildman–Crippen LogP) is 3.07. The number of anilines is 1. The number of aromatic nitrogens is 2. The molecule has 0 aliphatic rings. The monoisotopic (exact) mass is 245 g/mol. The van der Waals surface area contributed by atoms with E-state index in [2.05, 4.69) is 27.4 Å². The van der Waals surface area contributed by atoms with Crippen LogP contribution in [-0.4, -0.2) is 22.3 Å². The van der Waals surface area contributed by atoms with Gasteiger partial charge in [-0.2, -0.15) is 0 Å². The SMILES string of the molecule is c1ccc(NCCCSc2cnccn2)cc1. The maximum absolute atomic E-state index is 4.21. The number of hydrogen-bond donors (Lipinski definition) is 1. The molecule has 1 aromatic carbocycles. The number of hydrogen-bond acceptors (Lipinski definition) is 4. The van der Waals surface area contributed by atoms with E-state index in [4.69, 9.17) is 0 Å². The molecule has 0 bridgehead atoms. The van der Waals surface area contributed by atoms with E-state index < -0.39 is 0 Å². The van der Waals surface area contributed by atoms with E-state index in [9.17, 15) is 0 Å². The Morgan fingerprint density at radius 1 is 1.12 bits per heavy atom. The first kappa shape index (κ1) is 11.9. The summed E-state index contributed by atoms with van der Waals surface area (Å²) in [5, 5.41) is 4.37. The van der Waals surface area contributed by atoms with Gasteiger partial charge >= 0.3 is 0 Å². The maximum Gasteiger partial charge on any atom is 0.114 e. The fourth-order valence-electron chi connectivity index (χ4n) is 1.40. The van der Waals surface area contributed by atoms with Gasteiger partial charge in [-0.15, -0.1) is 11.8 Å². The van der Waals surface area contributed by atoms with Crippen LogP contribution in [0.1, 0.15) is 6.42 Å². The molecule has 2 rings (SSSR count). The van der Waals surface area contributed by atoms with Gasteiger partial charge in [-0.3, -0.25) is 4.98 Å². The van der Waals surface area contributed by atoms with Gasteiger partial charge in [-0.05, 0) is 18.6 Å². The standard InChI is InChI=1S/C13H15N3S/c1-2-5-12(6-3-1)15-7-4-10-17-13-11-14-8-9-16-13/h1-3,5-6,8-9,11,15H,4,7,10H2. The van der Waals surface area contributed by atoms with Crippen molar-refractivity contribution in [2.45, 2.75) is 11.4 Å². The quantitative estimate of drug-likeness (QED) is 0.627. The molecule has 0 aliphatic heterocycles. The maximum atomic E-state index is 4.21. The number of para-hydroxylation sites is 1. The zero-order chi connectivity index (χ0) is 11.8. The smallest absolute Gasteiger partial charge is 0.114 e. The zero-order valence-corrected chi connectivity index (χ0v) is 10.4. The fourth-order valence-corrected chi connectivity index (χ4v) is 2.17. The Labute approximate surface area is 106 Å². The second-order valence-electron chi connectivity index (χ2n) is 3.54. The Morgan fingerprint density at radius 3 is 2.76 bits per heavy atom. The molecule has 1 heterocycles. The summed E-state index contributed by atoms with van der Waals surface area (Å²) in [5.74, 6) is 1.05. The minimum Gasteiger partial charge on any atom is -0.385 e. The highest BCUT2D eigenvalue weighted by atomic mass is 32.2. The van der Waals surface area contributed by atoms with E-state index in [1.54, 1.807) is 30.4 Å². The van der Waals surface area contributed by atoms with Crippen LogP contribution in [0.3, 0.4) is 0 Å². The number of rotatable bonds is 6. The van der Waals surface area contributed by atoms with Gasteiger partial charge in [-0.1, -0.05) is 18.2 Å². The summed E-state index contributed by atoms with van der Waals surface area (Å²) in [7, 11) is 0. The van der Waals surface area contributed by atoms with E-state index >= 15 is 0 Å². The van der Waals surface area contributed by atoms with Crippen molar-refractivity contribution in [2.24, 2.45) is 0 Å².